The lowest BCUT2D eigenvalue weighted by molar-refractivity contribution is 0.425. The van der Waals surface area contributed by atoms with Gasteiger partial charge in [-0.3, -0.25) is 0 Å². The second-order valence-electron chi connectivity index (χ2n) is 2.14. The summed E-state index contributed by atoms with van der Waals surface area (Å²) in [6.45, 7) is -9.67. The summed E-state index contributed by atoms with van der Waals surface area (Å²) in [7, 11) is -1.89. The number of aromatic nitrogens is 2. The number of rotatable bonds is 3. The molecule has 0 saturated carbocycles. The molecule has 0 saturated heterocycles. The molecule has 5 nitrogen and oxygen atoms in total. The molecule has 70 valence electrons. The first-order valence-corrected chi connectivity index (χ1v) is 3.27. The van der Waals surface area contributed by atoms with Crippen LogP contribution >= 0.6 is 0 Å². The van der Waals surface area contributed by atoms with Gasteiger partial charge in [0.05, 0.1) is 0 Å². The van der Waals surface area contributed by atoms with E-state index in [0.29, 0.717) is 0 Å². The van der Waals surface area contributed by atoms with Crippen LogP contribution in [0.15, 0.2) is 12.4 Å². The number of hydrogen-bond donors (Lipinski definition) is 2. The van der Waals surface area contributed by atoms with Crippen LogP contribution in [0.25, 0.3) is 0 Å². The first-order chi connectivity index (χ1) is 9.28. The van der Waals surface area contributed by atoms with Crippen LogP contribution < -0.4 is 10.4 Å². The highest BCUT2D eigenvalue weighted by Gasteiger charge is 2.12. The average Bonchev–Trinajstić information content (AvgIpc) is 2.25. The molecular formula is C7H12BN3O2. The van der Waals surface area contributed by atoms with Gasteiger partial charge in [0.15, 0.2) is 0 Å². The molecule has 0 bridgehead atoms. The van der Waals surface area contributed by atoms with Crippen molar-refractivity contribution in [3.8, 4) is 0 Å². The number of anilines is 1. The standard InChI is InChI=1S/C7H12BN3O2/c1-3-11(2)7-9-4-6(5-10-7)8(12)13/h4-5,12-13H,3H2,1-2H3/i1D3,2D3,3D2. The van der Waals surface area contributed by atoms with Crippen LogP contribution in [0.3, 0.4) is 0 Å². The monoisotopic (exact) mass is 189 g/mol. The molecule has 13 heavy (non-hydrogen) atoms. The Bertz CT molecular complexity index is 488. The Morgan fingerprint density at radius 1 is 1.62 bits per heavy atom. The quantitative estimate of drug-likeness (QED) is 0.573. The molecule has 0 amide bonds. The molecule has 0 fully saturated rings. The fraction of sp³-hybridized carbons (Fsp3) is 0.429. The van der Waals surface area contributed by atoms with E-state index < -0.39 is 33.4 Å². The minimum absolute atomic E-state index is 0.0411. The zero-order valence-corrected chi connectivity index (χ0v) is 6.47. The van der Waals surface area contributed by atoms with Gasteiger partial charge in [-0.2, -0.15) is 0 Å². The zero-order valence-electron chi connectivity index (χ0n) is 14.5. The third-order valence-electron chi connectivity index (χ3n) is 1.27. The van der Waals surface area contributed by atoms with E-state index in [2.05, 4.69) is 9.97 Å². The normalized spacial score (nSPS) is 22.0. The predicted molar refractivity (Wildman–Crippen MR) is 50.8 cm³/mol. The highest BCUT2D eigenvalue weighted by molar-refractivity contribution is 6.58. The highest BCUT2D eigenvalue weighted by atomic mass is 16.4. The third kappa shape index (κ3) is 2.40. The lowest BCUT2D eigenvalue weighted by Gasteiger charge is -2.13. The van der Waals surface area contributed by atoms with Crippen molar-refractivity contribution in [3.05, 3.63) is 12.4 Å². The first-order valence-electron chi connectivity index (χ1n) is 7.27. The van der Waals surface area contributed by atoms with Gasteiger partial charge < -0.3 is 14.9 Å². The van der Waals surface area contributed by atoms with Gasteiger partial charge in [0, 0.05) is 42.3 Å². The molecule has 0 spiro atoms. The Balaban J connectivity index is 3.34. The smallest absolute Gasteiger partial charge is 0.423 e. The van der Waals surface area contributed by atoms with Gasteiger partial charge in [-0.15, -0.1) is 0 Å². The Kier molecular flexibility index (Phi) is 1.15. The summed E-state index contributed by atoms with van der Waals surface area (Å²) >= 11 is 0. The molecule has 0 aliphatic heterocycles. The molecule has 0 atom stereocenters. The van der Waals surface area contributed by atoms with Crippen molar-refractivity contribution in [2.45, 2.75) is 6.85 Å². The molecular weight excluding hydrogens is 169 g/mol. The number of nitrogens with zero attached hydrogens (tertiary/aromatic N) is 3. The molecule has 0 unspecified atom stereocenters. The van der Waals surface area contributed by atoms with Crippen molar-refractivity contribution in [1.82, 2.24) is 9.97 Å². The minimum Gasteiger partial charge on any atom is -0.423 e. The SMILES string of the molecule is [2H]C([2H])([2H])N(c1ncc(B(O)O)cn1)C([2H])([2H])C([2H])([2H])[2H]. The van der Waals surface area contributed by atoms with Crippen LogP contribution in [0.5, 0.6) is 0 Å². The van der Waals surface area contributed by atoms with Crippen molar-refractivity contribution in [3.63, 3.8) is 0 Å². The minimum atomic E-state index is -3.26. The van der Waals surface area contributed by atoms with Gasteiger partial charge >= 0.3 is 7.12 Å². The van der Waals surface area contributed by atoms with E-state index in [-0.39, 0.29) is 10.4 Å². The van der Waals surface area contributed by atoms with Crippen molar-refractivity contribution in [2.24, 2.45) is 0 Å². The van der Waals surface area contributed by atoms with E-state index in [4.69, 9.17) is 21.0 Å². The molecule has 1 heterocycles. The second kappa shape index (κ2) is 4.20. The fourth-order valence-corrected chi connectivity index (χ4v) is 0.630. The maximum atomic E-state index is 8.89. The van der Waals surface area contributed by atoms with E-state index in [0.717, 1.165) is 12.4 Å². The topological polar surface area (TPSA) is 69.5 Å². The Hall–Kier alpha value is -1.14. The van der Waals surface area contributed by atoms with Crippen LogP contribution in [0.2, 0.25) is 0 Å². The van der Waals surface area contributed by atoms with Gasteiger partial charge in [0.2, 0.25) is 5.95 Å². The molecule has 1 rings (SSSR count). The van der Waals surface area contributed by atoms with Crippen LogP contribution in [-0.2, 0) is 0 Å². The van der Waals surface area contributed by atoms with Crippen molar-refractivity contribution >= 4 is 18.5 Å². The summed E-state index contributed by atoms with van der Waals surface area (Å²) in [5.41, 5.74) is -0.154. The van der Waals surface area contributed by atoms with Crippen LogP contribution in [0, 0.1) is 0 Å². The molecule has 0 radical (unpaired) electrons. The molecule has 0 aromatic carbocycles. The van der Waals surface area contributed by atoms with Gasteiger partial charge in [-0.1, -0.05) is 0 Å². The lowest BCUT2D eigenvalue weighted by Crippen LogP contribution is -2.31. The Morgan fingerprint density at radius 2 is 2.31 bits per heavy atom. The fourth-order valence-electron chi connectivity index (χ4n) is 0.630. The first kappa shape index (κ1) is 3.55. The number of hydrogen-bond acceptors (Lipinski definition) is 5. The molecule has 0 aliphatic carbocycles. The highest BCUT2D eigenvalue weighted by Crippen LogP contribution is 1.99. The Morgan fingerprint density at radius 3 is 2.77 bits per heavy atom. The van der Waals surface area contributed by atoms with Crippen molar-refractivity contribution < 1.29 is 21.0 Å². The maximum absolute atomic E-state index is 8.89. The van der Waals surface area contributed by atoms with Gasteiger partial charge in [0.1, 0.15) is 0 Å². The zero-order chi connectivity index (χ0) is 16.6. The van der Waals surface area contributed by atoms with Crippen LogP contribution in [0.4, 0.5) is 5.95 Å². The van der Waals surface area contributed by atoms with E-state index in [9.17, 15) is 0 Å². The van der Waals surface area contributed by atoms with E-state index in [1.54, 1.807) is 0 Å². The summed E-state index contributed by atoms with van der Waals surface area (Å²) in [5.74, 6) is -0.708. The summed E-state index contributed by atoms with van der Waals surface area (Å²) in [6.07, 6.45) is 1.72. The largest absolute Gasteiger partial charge is 0.491 e. The molecule has 2 N–H and O–H groups in total. The van der Waals surface area contributed by atoms with Gasteiger partial charge in [-0.25, -0.2) is 9.97 Å². The van der Waals surface area contributed by atoms with E-state index in [1.807, 2.05) is 0 Å². The summed E-state index contributed by atoms with van der Waals surface area (Å²) in [5, 5.41) is 17.8. The Labute approximate surface area is 88.4 Å². The average molecular weight is 189 g/mol. The maximum Gasteiger partial charge on any atom is 0.491 e. The molecule has 1 aromatic rings. The summed E-state index contributed by atoms with van der Waals surface area (Å²) in [4.78, 5) is 6.94. The van der Waals surface area contributed by atoms with Gasteiger partial charge in [0.25, 0.3) is 0 Å². The van der Waals surface area contributed by atoms with E-state index in [1.165, 1.54) is 0 Å². The molecule has 0 aliphatic rings. The van der Waals surface area contributed by atoms with Crippen LogP contribution in [0.1, 0.15) is 17.8 Å². The molecule has 1 aromatic heterocycles. The van der Waals surface area contributed by atoms with Crippen molar-refractivity contribution in [2.75, 3.05) is 18.4 Å². The second-order valence-corrected chi connectivity index (χ2v) is 2.14. The lowest BCUT2D eigenvalue weighted by atomic mass is 9.83. The predicted octanol–water partition coefficient (Wildman–Crippen LogP) is -1.39. The van der Waals surface area contributed by atoms with Crippen LogP contribution in [-0.4, -0.2) is 40.6 Å². The van der Waals surface area contributed by atoms with E-state index >= 15 is 0 Å². The van der Waals surface area contributed by atoms with Crippen molar-refractivity contribution in [1.29, 1.82) is 0 Å². The molecule has 6 heteroatoms. The summed E-state index contributed by atoms with van der Waals surface area (Å²) in [6, 6.07) is 0. The third-order valence-corrected chi connectivity index (χ3v) is 1.27. The van der Waals surface area contributed by atoms with Gasteiger partial charge in [-0.05, 0) is 6.85 Å². The summed E-state index contributed by atoms with van der Waals surface area (Å²) < 4.78 is 58.4.